The number of aromatic nitrogens is 2. The average Bonchev–Trinajstić information content (AvgIpc) is 2.93. The third-order valence-corrected chi connectivity index (χ3v) is 4.30. The van der Waals surface area contributed by atoms with Crippen molar-refractivity contribution in [3.05, 3.63) is 52.5 Å². The molecular weight excluding hydrogens is 310 g/mol. The van der Waals surface area contributed by atoms with Crippen LogP contribution in [0.25, 0.3) is 0 Å². The van der Waals surface area contributed by atoms with Crippen LogP contribution in [0, 0.1) is 17.0 Å². The minimum Gasteiger partial charge on any atom is -0.358 e. The van der Waals surface area contributed by atoms with E-state index in [9.17, 15) is 18.5 Å². The average molecular weight is 325 g/mol. The van der Waals surface area contributed by atoms with Gasteiger partial charge in [-0.25, -0.2) is 9.55 Å². The van der Waals surface area contributed by atoms with Crippen LogP contribution in [0.2, 0.25) is 0 Å². The molecule has 2 aromatic rings. The van der Waals surface area contributed by atoms with Crippen LogP contribution in [-0.4, -0.2) is 29.5 Å². The maximum Gasteiger partial charge on any atom is 0.342 e. The van der Waals surface area contributed by atoms with Crippen LogP contribution in [0.5, 0.6) is 0 Å². The van der Waals surface area contributed by atoms with Crippen molar-refractivity contribution in [3.63, 3.8) is 0 Å². The zero-order valence-corrected chi connectivity index (χ0v) is 12.7. The Hall–Kier alpha value is -2.26. The topological polar surface area (TPSA) is 104 Å². The van der Waals surface area contributed by atoms with Gasteiger partial charge in [-0.15, -0.1) is 0 Å². The second-order valence-electron chi connectivity index (χ2n) is 4.65. The molecule has 0 saturated heterocycles. The van der Waals surface area contributed by atoms with E-state index < -0.39 is 15.0 Å². The first-order valence-corrected chi connectivity index (χ1v) is 7.91. The summed E-state index contributed by atoms with van der Waals surface area (Å²) in [6.45, 7) is 2.04. The van der Waals surface area contributed by atoms with Crippen molar-refractivity contribution < 1.29 is 17.5 Å². The second kappa shape index (κ2) is 6.67. The van der Waals surface area contributed by atoms with Gasteiger partial charge in [0.1, 0.15) is 6.20 Å². The molecule has 118 valence electrons. The van der Waals surface area contributed by atoms with Gasteiger partial charge < -0.3 is 10.1 Å². The molecule has 1 aromatic heterocycles. The summed E-state index contributed by atoms with van der Waals surface area (Å²) in [5, 5.41) is 10.7. The van der Waals surface area contributed by atoms with Crippen molar-refractivity contribution in [1.29, 1.82) is 0 Å². The number of imidazole rings is 1. The molecule has 0 amide bonds. The van der Waals surface area contributed by atoms with Crippen molar-refractivity contribution in [1.82, 2.24) is 9.55 Å². The molecule has 0 unspecified atom stereocenters. The molecule has 0 aliphatic heterocycles. The second-order valence-corrected chi connectivity index (χ2v) is 6.26. The van der Waals surface area contributed by atoms with E-state index in [2.05, 4.69) is 4.98 Å². The molecule has 0 aliphatic carbocycles. The maximum atomic E-state index is 11.9. The predicted molar refractivity (Wildman–Crippen MR) is 77.8 cm³/mol. The quantitative estimate of drug-likeness (QED) is 0.333. The molecular formula is C13H15N3O5S. The number of nitrogens with zero attached hydrogens (tertiary/aromatic N) is 3. The number of aryl methyl sites for hydroxylation is 2. The number of nitro groups is 1. The standard InChI is InChI=1S/C13H15N3O5S/c1-11-3-5-12(6-4-11)22(19,20)21-8-2-7-15-10-14-9-13(15)16(17)18/h3-6,9-10H,2,7-8H2,1H3. The Morgan fingerprint density at radius 2 is 2.00 bits per heavy atom. The zero-order valence-electron chi connectivity index (χ0n) is 11.9. The van der Waals surface area contributed by atoms with Gasteiger partial charge in [0.2, 0.25) is 0 Å². The van der Waals surface area contributed by atoms with Crippen LogP contribution in [0.3, 0.4) is 0 Å². The fourth-order valence-corrected chi connectivity index (χ4v) is 2.76. The highest BCUT2D eigenvalue weighted by molar-refractivity contribution is 7.86. The fraction of sp³-hybridized carbons (Fsp3) is 0.308. The molecule has 8 nitrogen and oxygen atoms in total. The largest absolute Gasteiger partial charge is 0.358 e. The molecule has 1 heterocycles. The van der Waals surface area contributed by atoms with Gasteiger partial charge in [0.05, 0.1) is 18.0 Å². The van der Waals surface area contributed by atoms with Gasteiger partial charge in [0, 0.05) is 6.42 Å². The Bertz CT molecular complexity index is 752. The van der Waals surface area contributed by atoms with Gasteiger partial charge in [-0.3, -0.25) is 4.18 Å². The van der Waals surface area contributed by atoms with Crippen LogP contribution in [0.4, 0.5) is 5.82 Å². The van der Waals surface area contributed by atoms with Crippen molar-refractivity contribution in [3.8, 4) is 0 Å². The van der Waals surface area contributed by atoms with Gasteiger partial charge in [0.15, 0.2) is 6.33 Å². The third-order valence-electron chi connectivity index (χ3n) is 2.97. The monoisotopic (exact) mass is 325 g/mol. The smallest absolute Gasteiger partial charge is 0.342 e. The molecule has 0 spiro atoms. The summed E-state index contributed by atoms with van der Waals surface area (Å²) in [5.74, 6) is -0.138. The summed E-state index contributed by atoms with van der Waals surface area (Å²) >= 11 is 0. The summed E-state index contributed by atoms with van der Waals surface area (Å²) in [7, 11) is -3.80. The Labute approximate surface area is 127 Å². The normalized spacial score (nSPS) is 11.5. The highest BCUT2D eigenvalue weighted by atomic mass is 32.2. The molecule has 0 atom stereocenters. The van der Waals surface area contributed by atoms with E-state index in [4.69, 9.17) is 4.18 Å². The molecule has 0 saturated carbocycles. The van der Waals surface area contributed by atoms with Gasteiger partial charge >= 0.3 is 5.82 Å². The Morgan fingerprint density at radius 1 is 1.32 bits per heavy atom. The first kappa shape index (κ1) is 16.1. The maximum absolute atomic E-state index is 11.9. The van der Waals surface area contributed by atoms with Crippen molar-refractivity contribution in [2.75, 3.05) is 6.61 Å². The zero-order chi connectivity index (χ0) is 16.2. The van der Waals surface area contributed by atoms with Crippen LogP contribution < -0.4 is 0 Å². The Balaban J connectivity index is 1.89. The first-order chi connectivity index (χ1) is 10.4. The summed E-state index contributed by atoms with van der Waals surface area (Å²) in [5.41, 5.74) is 0.950. The van der Waals surface area contributed by atoms with E-state index in [0.717, 1.165) is 11.8 Å². The molecule has 2 rings (SSSR count). The van der Waals surface area contributed by atoms with E-state index in [0.29, 0.717) is 6.42 Å². The van der Waals surface area contributed by atoms with E-state index in [1.165, 1.54) is 23.0 Å². The van der Waals surface area contributed by atoms with Crippen molar-refractivity contribution in [2.24, 2.45) is 0 Å². The lowest BCUT2D eigenvalue weighted by molar-refractivity contribution is -0.392. The lowest BCUT2D eigenvalue weighted by Gasteiger charge is -2.05. The van der Waals surface area contributed by atoms with Crippen LogP contribution in [-0.2, 0) is 20.8 Å². The number of benzene rings is 1. The van der Waals surface area contributed by atoms with Gasteiger partial charge in [-0.05, 0) is 24.0 Å². The van der Waals surface area contributed by atoms with Gasteiger partial charge in [0.25, 0.3) is 10.1 Å². The predicted octanol–water partition coefficient (Wildman–Crippen LogP) is 1.90. The van der Waals surface area contributed by atoms with Crippen LogP contribution in [0.1, 0.15) is 12.0 Å². The summed E-state index contributed by atoms with van der Waals surface area (Å²) < 4.78 is 30.1. The summed E-state index contributed by atoms with van der Waals surface area (Å²) in [6, 6.07) is 6.33. The highest BCUT2D eigenvalue weighted by Gasteiger charge is 2.16. The lowest BCUT2D eigenvalue weighted by atomic mass is 10.2. The summed E-state index contributed by atoms with van der Waals surface area (Å²) in [4.78, 5) is 13.9. The number of hydrogen-bond donors (Lipinski definition) is 0. The van der Waals surface area contributed by atoms with Crippen molar-refractivity contribution >= 4 is 15.9 Å². The minimum absolute atomic E-state index is 0.0639. The molecule has 0 N–H and O–H groups in total. The fourth-order valence-electron chi connectivity index (χ4n) is 1.81. The van der Waals surface area contributed by atoms with E-state index in [1.807, 2.05) is 6.92 Å². The Morgan fingerprint density at radius 3 is 2.64 bits per heavy atom. The molecule has 1 aromatic carbocycles. The minimum atomic E-state index is -3.80. The van der Waals surface area contributed by atoms with Gasteiger partial charge in [-0.2, -0.15) is 8.42 Å². The van der Waals surface area contributed by atoms with Crippen molar-refractivity contribution in [2.45, 2.75) is 24.8 Å². The lowest BCUT2D eigenvalue weighted by Crippen LogP contribution is -2.10. The van der Waals surface area contributed by atoms with E-state index in [1.54, 1.807) is 12.1 Å². The van der Waals surface area contributed by atoms with Gasteiger partial charge in [-0.1, -0.05) is 17.7 Å². The van der Waals surface area contributed by atoms with E-state index in [-0.39, 0.29) is 23.9 Å². The molecule has 22 heavy (non-hydrogen) atoms. The Kier molecular flexibility index (Phi) is 4.88. The highest BCUT2D eigenvalue weighted by Crippen LogP contribution is 2.14. The molecule has 0 aliphatic rings. The molecule has 9 heteroatoms. The summed E-state index contributed by atoms with van der Waals surface area (Å²) in [6.07, 6.45) is 2.78. The third kappa shape index (κ3) is 3.89. The van der Waals surface area contributed by atoms with Crippen LogP contribution in [0.15, 0.2) is 41.7 Å². The SMILES string of the molecule is Cc1ccc(S(=O)(=O)OCCCn2cncc2[N+](=O)[O-])cc1. The molecule has 0 fully saturated rings. The molecule has 0 radical (unpaired) electrons. The first-order valence-electron chi connectivity index (χ1n) is 6.51. The van der Waals surface area contributed by atoms with E-state index >= 15 is 0 Å². The molecule has 0 bridgehead atoms. The number of rotatable bonds is 7. The number of hydrogen-bond acceptors (Lipinski definition) is 6. The van der Waals surface area contributed by atoms with Crippen LogP contribution >= 0.6 is 0 Å².